The second kappa shape index (κ2) is 6.58. The van der Waals surface area contributed by atoms with Crippen LogP contribution in [0.25, 0.3) is 0 Å². The first-order chi connectivity index (χ1) is 13.9. The van der Waals surface area contributed by atoms with Crippen LogP contribution in [-0.2, 0) is 9.53 Å². The van der Waals surface area contributed by atoms with E-state index in [2.05, 4.69) is 11.4 Å². The minimum atomic E-state index is -1.19. The van der Waals surface area contributed by atoms with Crippen LogP contribution in [0.2, 0.25) is 0 Å². The van der Waals surface area contributed by atoms with Gasteiger partial charge in [0, 0.05) is 11.5 Å². The molecule has 1 saturated heterocycles. The molecule has 6 fully saturated rings. The molecule has 0 radical (unpaired) electrons. The third kappa shape index (κ3) is 3.01. The number of likely N-dealkylation sites (tertiary alicyclic amines) is 1. The average Bonchev–Trinajstić information content (AvgIpc) is 3.32. The largest absolute Gasteiger partial charge is 0.465 e. The lowest BCUT2D eigenvalue weighted by Crippen LogP contribution is -2.67. The van der Waals surface area contributed by atoms with E-state index in [0.29, 0.717) is 30.6 Å². The van der Waals surface area contributed by atoms with Gasteiger partial charge in [0.2, 0.25) is 5.91 Å². The van der Waals surface area contributed by atoms with E-state index in [1.165, 1.54) is 0 Å². The molecule has 0 aromatic heterocycles. The van der Waals surface area contributed by atoms with Gasteiger partial charge in [0.15, 0.2) is 0 Å². The van der Waals surface area contributed by atoms with Gasteiger partial charge in [-0.05, 0) is 69.1 Å². The van der Waals surface area contributed by atoms with Gasteiger partial charge in [0.1, 0.15) is 12.1 Å². The van der Waals surface area contributed by atoms with Crippen LogP contribution in [0, 0.1) is 34.5 Å². The molecular formula is C21H29N3O5. The molecule has 3 N–H and O–H groups in total. The molecule has 1 heterocycles. The van der Waals surface area contributed by atoms with Gasteiger partial charge >= 0.3 is 6.09 Å². The van der Waals surface area contributed by atoms with Gasteiger partial charge in [-0.3, -0.25) is 4.79 Å². The molecule has 6 rings (SSSR count). The minimum absolute atomic E-state index is 0.0412. The SMILES string of the molecule is N#C[C@@H]1C[C@@H]2C[C@@H]2N1C(=O)[C@@H](NC(=O)O)[C@]12CC3C[C@H](C[C@@](OCCO)(C3)C1)C2. The first-order valence-electron chi connectivity index (χ1n) is 10.8. The Morgan fingerprint density at radius 3 is 2.55 bits per heavy atom. The number of carbonyl (C=O) groups is 2. The molecule has 0 spiro atoms. The van der Waals surface area contributed by atoms with Crippen molar-refractivity contribution in [3.05, 3.63) is 0 Å². The van der Waals surface area contributed by atoms with E-state index in [-0.39, 0.29) is 30.8 Å². The number of carbonyl (C=O) groups excluding carboxylic acids is 1. The molecule has 8 nitrogen and oxygen atoms in total. The van der Waals surface area contributed by atoms with Crippen molar-refractivity contribution in [1.82, 2.24) is 10.2 Å². The molecule has 6 aliphatic rings. The number of piperidine rings is 1. The van der Waals surface area contributed by atoms with Crippen molar-refractivity contribution in [3.63, 3.8) is 0 Å². The third-order valence-corrected chi connectivity index (χ3v) is 8.19. The molecule has 8 heteroatoms. The molecule has 0 aromatic carbocycles. The second-order valence-corrected chi connectivity index (χ2v) is 10.2. The van der Waals surface area contributed by atoms with Crippen LogP contribution >= 0.6 is 0 Å². The summed E-state index contributed by atoms with van der Waals surface area (Å²) < 4.78 is 6.15. The number of nitrogens with zero attached hydrogens (tertiary/aromatic N) is 2. The second-order valence-electron chi connectivity index (χ2n) is 10.2. The number of carboxylic acid groups (broad SMARTS) is 1. The topological polar surface area (TPSA) is 123 Å². The average molecular weight is 403 g/mol. The molecule has 5 aliphatic carbocycles. The Hall–Kier alpha value is -1.85. The van der Waals surface area contributed by atoms with Gasteiger partial charge in [-0.15, -0.1) is 0 Å². The maximum absolute atomic E-state index is 13.7. The lowest BCUT2D eigenvalue weighted by Gasteiger charge is -2.63. The van der Waals surface area contributed by atoms with Crippen LogP contribution in [0.5, 0.6) is 0 Å². The first kappa shape index (κ1) is 19.1. The molecular weight excluding hydrogens is 374 g/mol. The summed E-state index contributed by atoms with van der Waals surface area (Å²) in [5.74, 6) is 1.01. The van der Waals surface area contributed by atoms with Crippen LogP contribution in [0.3, 0.4) is 0 Å². The summed E-state index contributed by atoms with van der Waals surface area (Å²) in [5, 5.41) is 31.0. The summed E-state index contributed by atoms with van der Waals surface area (Å²) in [4.78, 5) is 27.1. The van der Waals surface area contributed by atoms with Crippen LogP contribution in [0.1, 0.15) is 51.4 Å². The fraction of sp³-hybridized carbons (Fsp3) is 0.857. The molecule has 8 atom stereocenters. The van der Waals surface area contributed by atoms with Crippen LogP contribution in [0.15, 0.2) is 0 Å². The van der Waals surface area contributed by atoms with E-state index in [9.17, 15) is 25.1 Å². The van der Waals surface area contributed by atoms with E-state index in [4.69, 9.17) is 4.74 Å². The molecule has 0 aromatic rings. The lowest BCUT2D eigenvalue weighted by atomic mass is 9.46. The first-order valence-corrected chi connectivity index (χ1v) is 10.8. The molecule has 4 bridgehead atoms. The Morgan fingerprint density at radius 2 is 1.93 bits per heavy atom. The van der Waals surface area contributed by atoms with E-state index in [0.717, 1.165) is 38.5 Å². The number of aliphatic hydroxyl groups is 1. The highest BCUT2D eigenvalue weighted by atomic mass is 16.5. The van der Waals surface area contributed by atoms with Gasteiger partial charge in [0.25, 0.3) is 0 Å². The fourth-order valence-electron chi connectivity index (χ4n) is 7.66. The number of aliphatic hydroxyl groups excluding tert-OH is 1. The van der Waals surface area contributed by atoms with Crippen molar-refractivity contribution < 1.29 is 24.5 Å². The highest BCUT2D eigenvalue weighted by Crippen LogP contribution is 2.64. The van der Waals surface area contributed by atoms with Gasteiger partial charge < -0.3 is 25.2 Å². The van der Waals surface area contributed by atoms with Gasteiger partial charge in [0.05, 0.1) is 24.9 Å². The quantitative estimate of drug-likeness (QED) is 0.617. The summed E-state index contributed by atoms with van der Waals surface area (Å²) in [7, 11) is 0. The molecule has 158 valence electrons. The van der Waals surface area contributed by atoms with Gasteiger partial charge in [-0.2, -0.15) is 5.26 Å². The minimum Gasteiger partial charge on any atom is -0.465 e. The maximum atomic E-state index is 13.7. The Balaban J connectivity index is 1.47. The Bertz CT molecular complexity index is 750. The molecule has 1 aliphatic heterocycles. The zero-order chi connectivity index (χ0) is 20.4. The van der Waals surface area contributed by atoms with E-state index in [1.807, 2.05) is 0 Å². The van der Waals surface area contributed by atoms with Crippen molar-refractivity contribution in [2.75, 3.05) is 13.2 Å². The van der Waals surface area contributed by atoms with Crippen LogP contribution in [0.4, 0.5) is 4.79 Å². The van der Waals surface area contributed by atoms with Crippen LogP contribution < -0.4 is 5.32 Å². The number of nitrogens with one attached hydrogen (secondary N) is 1. The Kier molecular flexibility index (Phi) is 4.34. The number of rotatable bonds is 6. The predicted octanol–water partition coefficient (Wildman–Crippen LogP) is 1.48. The van der Waals surface area contributed by atoms with E-state index in [1.54, 1.807) is 4.90 Å². The molecule has 29 heavy (non-hydrogen) atoms. The number of nitriles is 1. The Labute approximate surface area is 170 Å². The maximum Gasteiger partial charge on any atom is 0.405 e. The van der Waals surface area contributed by atoms with Crippen molar-refractivity contribution in [1.29, 1.82) is 5.26 Å². The third-order valence-electron chi connectivity index (χ3n) is 8.19. The molecule has 1 unspecified atom stereocenters. The van der Waals surface area contributed by atoms with Gasteiger partial charge in [-0.1, -0.05) is 0 Å². The summed E-state index contributed by atoms with van der Waals surface area (Å²) in [6.45, 7) is 0.230. The summed E-state index contributed by atoms with van der Waals surface area (Å²) in [6, 6.07) is 1.07. The number of fused-ring (bicyclic) bond motifs is 1. The zero-order valence-corrected chi connectivity index (χ0v) is 16.5. The number of hydrogen-bond acceptors (Lipinski definition) is 5. The summed E-state index contributed by atoms with van der Waals surface area (Å²) in [5.41, 5.74) is -0.838. The summed E-state index contributed by atoms with van der Waals surface area (Å²) in [6.07, 6.45) is 5.68. The predicted molar refractivity (Wildman–Crippen MR) is 101 cm³/mol. The molecule has 2 amide bonds. The zero-order valence-electron chi connectivity index (χ0n) is 16.5. The molecule has 5 saturated carbocycles. The Morgan fingerprint density at radius 1 is 1.21 bits per heavy atom. The number of amides is 2. The standard InChI is InChI=1S/C21H29N3O5/c22-10-15-4-14-5-16(14)24(15)18(26)17(23-19(27)28)20-6-12-3-13(7-20)9-21(8-12,11-20)29-2-1-25/h12-17,23,25H,1-9,11H2,(H,27,28)/t12-,13?,14+,15-,16-,17+,20+,21+/m0/s1. The van der Waals surface area contributed by atoms with Gasteiger partial charge in [-0.25, -0.2) is 4.79 Å². The fourth-order valence-corrected chi connectivity index (χ4v) is 7.66. The van der Waals surface area contributed by atoms with Crippen molar-refractivity contribution in [2.24, 2.45) is 23.2 Å². The lowest BCUT2D eigenvalue weighted by molar-refractivity contribution is -0.204. The van der Waals surface area contributed by atoms with Crippen LogP contribution in [-0.4, -0.2) is 64.1 Å². The van der Waals surface area contributed by atoms with E-state index >= 15 is 0 Å². The highest BCUT2D eigenvalue weighted by molar-refractivity contribution is 5.88. The van der Waals surface area contributed by atoms with Crippen molar-refractivity contribution >= 4 is 12.0 Å². The summed E-state index contributed by atoms with van der Waals surface area (Å²) >= 11 is 0. The van der Waals surface area contributed by atoms with Crippen molar-refractivity contribution in [3.8, 4) is 6.07 Å². The smallest absolute Gasteiger partial charge is 0.405 e. The van der Waals surface area contributed by atoms with E-state index < -0.39 is 23.6 Å². The number of hydrogen-bond donors (Lipinski definition) is 3. The number of ether oxygens (including phenoxy) is 1. The highest BCUT2D eigenvalue weighted by Gasteiger charge is 2.64. The van der Waals surface area contributed by atoms with Crippen molar-refractivity contribution in [2.45, 2.75) is 75.1 Å². The monoisotopic (exact) mass is 403 g/mol. The normalized spacial score (nSPS) is 44.8.